The zero-order valence-corrected chi connectivity index (χ0v) is 13.0. The Morgan fingerprint density at radius 2 is 2.10 bits per heavy atom. The lowest BCUT2D eigenvalue weighted by molar-refractivity contribution is 0.0701. The Morgan fingerprint density at radius 1 is 1.33 bits per heavy atom. The molecule has 0 spiro atoms. The molecule has 6 heteroatoms. The summed E-state index contributed by atoms with van der Waals surface area (Å²) in [6.07, 6.45) is 1.12. The Kier molecular flexibility index (Phi) is 4.80. The number of benzene rings is 1. The van der Waals surface area contributed by atoms with Crippen molar-refractivity contribution in [3.05, 3.63) is 39.3 Å². The number of aryl methyl sites for hydroxylation is 1. The summed E-state index contributed by atoms with van der Waals surface area (Å²) < 4.78 is 10.5. The van der Waals surface area contributed by atoms with Gasteiger partial charge in [-0.25, -0.2) is 9.78 Å². The predicted molar refractivity (Wildman–Crippen MR) is 80.8 cm³/mol. The molecule has 2 aromatic rings. The van der Waals surface area contributed by atoms with Crippen LogP contribution in [-0.2, 0) is 12.8 Å². The van der Waals surface area contributed by atoms with Crippen molar-refractivity contribution in [1.29, 1.82) is 0 Å². The van der Waals surface area contributed by atoms with Crippen LogP contribution in [0.2, 0.25) is 0 Å². The number of rotatable bonds is 6. The fraction of sp³-hybridized carbons (Fsp3) is 0.333. The van der Waals surface area contributed by atoms with Crippen LogP contribution in [0.1, 0.15) is 32.9 Å². The molecule has 1 N–H and O–H groups in total. The molecular weight excluding hydrogens is 290 g/mol. The molecule has 0 saturated carbocycles. The van der Waals surface area contributed by atoms with Crippen LogP contribution >= 0.6 is 11.3 Å². The van der Waals surface area contributed by atoms with Crippen LogP contribution in [0.3, 0.4) is 0 Å². The van der Waals surface area contributed by atoms with Gasteiger partial charge in [-0.3, -0.25) is 0 Å². The fourth-order valence-corrected chi connectivity index (χ4v) is 3.08. The van der Waals surface area contributed by atoms with Gasteiger partial charge in [0.15, 0.2) is 0 Å². The number of carboxylic acid groups (broad SMARTS) is 1. The Balaban J connectivity index is 2.35. The molecule has 0 bridgehead atoms. The topological polar surface area (TPSA) is 68.7 Å². The van der Waals surface area contributed by atoms with Crippen LogP contribution < -0.4 is 9.47 Å². The minimum absolute atomic E-state index is 0.314. The number of carbonyl (C=O) groups is 1. The number of aromatic nitrogens is 1. The zero-order chi connectivity index (χ0) is 15.4. The number of thiazole rings is 1. The summed E-state index contributed by atoms with van der Waals surface area (Å²) >= 11 is 1.21. The first-order valence-corrected chi connectivity index (χ1v) is 7.33. The van der Waals surface area contributed by atoms with E-state index in [9.17, 15) is 9.90 Å². The first kappa shape index (κ1) is 15.3. The van der Waals surface area contributed by atoms with Gasteiger partial charge in [-0.15, -0.1) is 11.3 Å². The van der Waals surface area contributed by atoms with Crippen molar-refractivity contribution in [3.63, 3.8) is 0 Å². The first-order valence-electron chi connectivity index (χ1n) is 6.51. The summed E-state index contributed by atoms with van der Waals surface area (Å²) in [6, 6.07) is 5.54. The molecule has 0 aliphatic heterocycles. The minimum Gasteiger partial charge on any atom is -0.497 e. The van der Waals surface area contributed by atoms with Crippen LogP contribution in [-0.4, -0.2) is 30.3 Å². The van der Waals surface area contributed by atoms with E-state index in [0.717, 1.165) is 22.1 Å². The van der Waals surface area contributed by atoms with Crippen LogP contribution in [0, 0.1) is 0 Å². The van der Waals surface area contributed by atoms with E-state index < -0.39 is 5.97 Å². The molecule has 5 nitrogen and oxygen atoms in total. The molecule has 2 rings (SSSR count). The van der Waals surface area contributed by atoms with Gasteiger partial charge in [0.05, 0.1) is 24.9 Å². The normalized spacial score (nSPS) is 10.4. The lowest BCUT2D eigenvalue weighted by Crippen LogP contribution is -1.97. The van der Waals surface area contributed by atoms with Crippen molar-refractivity contribution in [2.45, 2.75) is 19.8 Å². The molecule has 21 heavy (non-hydrogen) atoms. The number of nitrogens with zero attached hydrogens (tertiary/aromatic N) is 1. The number of hydrogen-bond acceptors (Lipinski definition) is 5. The molecule has 0 saturated heterocycles. The number of aromatic carboxylic acids is 1. The molecular formula is C15H17NO4S. The molecule has 0 aliphatic carbocycles. The van der Waals surface area contributed by atoms with E-state index in [-0.39, 0.29) is 0 Å². The van der Waals surface area contributed by atoms with Gasteiger partial charge >= 0.3 is 5.97 Å². The van der Waals surface area contributed by atoms with Gasteiger partial charge in [0, 0.05) is 12.0 Å². The molecule has 0 amide bonds. The summed E-state index contributed by atoms with van der Waals surface area (Å²) in [5.41, 5.74) is 1.55. The molecule has 0 atom stereocenters. The molecule has 112 valence electrons. The van der Waals surface area contributed by atoms with Crippen molar-refractivity contribution >= 4 is 17.3 Å². The standard InChI is InChI=1S/C15H17NO4S/c1-4-11-14(15(17)18)21-13(16-11)8-9-7-10(19-2)5-6-12(9)20-3/h5-7H,4,8H2,1-3H3,(H,17,18). The number of ether oxygens (including phenoxy) is 2. The SMILES string of the molecule is CCc1nc(Cc2cc(OC)ccc2OC)sc1C(=O)O. The number of hydrogen-bond donors (Lipinski definition) is 1. The van der Waals surface area contributed by atoms with Gasteiger partial charge in [-0.1, -0.05) is 6.92 Å². The van der Waals surface area contributed by atoms with Gasteiger partial charge in [-0.2, -0.15) is 0 Å². The maximum Gasteiger partial charge on any atom is 0.347 e. The summed E-state index contributed by atoms with van der Waals surface area (Å²) in [5, 5.41) is 9.94. The van der Waals surface area contributed by atoms with E-state index >= 15 is 0 Å². The lowest BCUT2D eigenvalue weighted by atomic mass is 10.1. The molecule has 0 aliphatic rings. The van der Waals surface area contributed by atoms with Crippen LogP contribution in [0.4, 0.5) is 0 Å². The van der Waals surface area contributed by atoms with Crippen molar-refractivity contribution < 1.29 is 19.4 Å². The second-order valence-electron chi connectivity index (χ2n) is 4.40. The van der Waals surface area contributed by atoms with Crippen LogP contribution in [0.25, 0.3) is 0 Å². The van der Waals surface area contributed by atoms with Crippen molar-refractivity contribution in [2.24, 2.45) is 0 Å². The third kappa shape index (κ3) is 3.33. The smallest absolute Gasteiger partial charge is 0.347 e. The average molecular weight is 307 g/mol. The monoisotopic (exact) mass is 307 g/mol. The van der Waals surface area contributed by atoms with Gasteiger partial charge in [0.25, 0.3) is 0 Å². The quantitative estimate of drug-likeness (QED) is 0.888. The van der Waals surface area contributed by atoms with Crippen molar-refractivity contribution in [1.82, 2.24) is 4.98 Å². The highest BCUT2D eigenvalue weighted by Gasteiger charge is 2.17. The van der Waals surface area contributed by atoms with Crippen molar-refractivity contribution in [2.75, 3.05) is 14.2 Å². The number of carboxylic acids is 1. The summed E-state index contributed by atoms with van der Waals surface area (Å²) in [4.78, 5) is 15.9. The molecule has 1 aromatic carbocycles. The highest BCUT2D eigenvalue weighted by Crippen LogP contribution is 2.29. The van der Waals surface area contributed by atoms with E-state index in [1.54, 1.807) is 14.2 Å². The lowest BCUT2D eigenvalue weighted by Gasteiger charge is -2.09. The second kappa shape index (κ2) is 6.58. The fourth-order valence-electron chi connectivity index (χ4n) is 2.07. The Hall–Kier alpha value is -2.08. The largest absolute Gasteiger partial charge is 0.497 e. The molecule has 1 aromatic heterocycles. The Labute approximate surface area is 127 Å². The van der Waals surface area contributed by atoms with Gasteiger partial charge in [0.2, 0.25) is 0 Å². The first-order chi connectivity index (χ1) is 10.1. The highest BCUT2D eigenvalue weighted by molar-refractivity contribution is 7.13. The minimum atomic E-state index is -0.923. The van der Waals surface area contributed by atoms with E-state index in [4.69, 9.17) is 9.47 Å². The summed E-state index contributed by atoms with van der Waals surface area (Å²) in [7, 11) is 3.21. The highest BCUT2D eigenvalue weighted by atomic mass is 32.1. The second-order valence-corrected chi connectivity index (χ2v) is 5.48. The molecule has 0 radical (unpaired) electrons. The van der Waals surface area contributed by atoms with Gasteiger partial charge in [-0.05, 0) is 24.6 Å². The molecule has 0 unspecified atom stereocenters. The maximum atomic E-state index is 11.2. The average Bonchev–Trinajstić information content (AvgIpc) is 2.90. The number of methoxy groups -OCH3 is 2. The third-order valence-corrected chi connectivity index (χ3v) is 4.19. The molecule has 0 fully saturated rings. The van der Waals surface area contributed by atoms with E-state index in [1.807, 2.05) is 25.1 Å². The zero-order valence-electron chi connectivity index (χ0n) is 12.2. The van der Waals surface area contributed by atoms with E-state index in [0.29, 0.717) is 23.4 Å². The van der Waals surface area contributed by atoms with Gasteiger partial charge < -0.3 is 14.6 Å². The predicted octanol–water partition coefficient (Wildman–Crippen LogP) is 3.01. The molecule has 1 heterocycles. The summed E-state index contributed by atoms with van der Waals surface area (Å²) in [6.45, 7) is 1.90. The van der Waals surface area contributed by atoms with Crippen molar-refractivity contribution in [3.8, 4) is 11.5 Å². The van der Waals surface area contributed by atoms with Gasteiger partial charge in [0.1, 0.15) is 16.4 Å². The van der Waals surface area contributed by atoms with Crippen LogP contribution in [0.15, 0.2) is 18.2 Å². The Bertz CT molecular complexity index is 651. The maximum absolute atomic E-state index is 11.2. The third-order valence-electron chi connectivity index (χ3n) is 3.10. The van der Waals surface area contributed by atoms with E-state index in [2.05, 4.69) is 4.98 Å². The summed E-state index contributed by atoms with van der Waals surface area (Å²) in [5.74, 6) is 0.547. The van der Waals surface area contributed by atoms with Crippen LogP contribution in [0.5, 0.6) is 11.5 Å². The Morgan fingerprint density at radius 3 is 2.62 bits per heavy atom. The van der Waals surface area contributed by atoms with E-state index in [1.165, 1.54) is 11.3 Å².